The van der Waals surface area contributed by atoms with Crippen molar-refractivity contribution in [1.82, 2.24) is 0 Å². The van der Waals surface area contributed by atoms with Crippen molar-refractivity contribution in [3.63, 3.8) is 0 Å². The topological polar surface area (TPSA) is 83.9 Å². The number of nitriles is 1. The SMILES string of the molecule is N#Cc1ccccc1-c1cccc(C[S@](=O)CC(N)=O)c1. The molecule has 2 aromatic rings. The fourth-order valence-corrected chi connectivity index (χ4v) is 3.03. The van der Waals surface area contributed by atoms with Gasteiger partial charge in [-0.1, -0.05) is 42.5 Å². The summed E-state index contributed by atoms with van der Waals surface area (Å²) in [5.74, 6) is -0.441. The second-order valence-corrected chi connectivity index (χ2v) is 6.01. The Kier molecular flexibility index (Phi) is 4.85. The summed E-state index contributed by atoms with van der Waals surface area (Å²) in [6, 6.07) is 16.9. The summed E-state index contributed by atoms with van der Waals surface area (Å²) in [5, 5.41) is 9.14. The molecule has 1 atom stereocenters. The predicted molar refractivity (Wildman–Crippen MR) is 82.5 cm³/mol. The first-order valence-corrected chi connectivity index (χ1v) is 7.80. The number of benzene rings is 2. The van der Waals surface area contributed by atoms with Gasteiger partial charge in [-0.15, -0.1) is 0 Å². The lowest BCUT2D eigenvalue weighted by Gasteiger charge is -2.07. The molecule has 0 fully saturated rings. The summed E-state index contributed by atoms with van der Waals surface area (Å²) < 4.78 is 11.8. The number of nitrogens with zero attached hydrogens (tertiary/aromatic N) is 1. The molecule has 0 saturated heterocycles. The molecule has 4 nitrogen and oxygen atoms in total. The molecule has 2 rings (SSSR count). The molecule has 0 bridgehead atoms. The van der Waals surface area contributed by atoms with Crippen LogP contribution >= 0.6 is 0 Å². The Labute approximate surface area is 125 Å². The maximum atomic E-state index is 11.8. The summed E-state index contributed by atoms with van der Waals surface area (Å²) in [6.07, 6.45) is 0. The molecule has 2 N–H and O–H groups in total. The molecule has 0 heterocycles. The Balaban J connectivity index is 2.28. The van der Waals surface area contributed by atoms with E-state index in [1.165, 1.54) is 0 Å². The van der Waals surface area contributed by atoms with E-state index in [9.17, 15) is 9.00 Å². The Hall–Kier alpha value is -2.45. The molecule has 0 aliphatic heterocycles. The lowest BCUT2D eigenvalue weighted by Crippen LogP contribution is -2.20. The molecule has 0 aromatic heterocycles. The van der Waals surface area contributed by atoms with E-state index < -0.39 is 16.7 Å². The Bertz CT molecular complexity index is 735. The minimum atomic E-state index is -1.31. The molecule has 106 valence electrons. The zero-order chi connectivity index (χ0) is 15.2. The molecule has 0 unspecified atom stereocenters. The molecular formula is C16H14N2O2S. The molecule has 2 aromatic carbocycles. The second-order valence-electron chi connectivity index (χ2n) is 4.55. The van der Waals surface area contributed by atoms with E-state index in [1.54, 1.807) is 6.07 Å². The van der Waals surface area contributed by atoms with Gasteiger partial charge in [-0.05, 0) is 22.8 Å². The third-order valence-corrected chi connectivity index (χ3v) is 4.18. The minimum Gasteiger partial charge on any atom is -0.369 e. The highest BCUT2D eigenvalue weighted by atomic mass is 32.2. The lowest BCUT2D eigenvalue weighted by molar-refractivity contribution is -0.115. The first-order valence-electron chi connectivity index (χ1n) is 6.32. The van der Waals surface area contributed by atoms with Gasteiger partial charge in [0.1, 0.15) is 5.75 Å². The largest absolute Gasteiger partial charge is 0.369 e. The predicted octanol–water partition coefficient (Wildman–Crippen LogP) is 1.96. The van der Waals surface area contributed by atoms with Crippen molar-refractivity contribution in [2.75, 3.05) is 5.75 Å². The number of carbonyl (C=O) groups excluding carboxylic acids is 1. The second kappa shape index (κ2) is 6.82. The van der Waals surface area contributed by atoms with E-state index in [2.05, 4.69) is 6.07 Å². The van der Waals surface area contributed by atoms with Crippen LogP contribution in [0.1, 0.15) is 11.1 Å². The van der Waals surface area contributed by atoms with Crippen molar-refractivity contribution in [3.05, 3.63) is 59.7 Å². The number of rotatable bonds is 5. The molecule has 21 heavy (non-hydrogen) atoms. The maximum absolute atomic E-state index is 11.8. The van der Waals surface area contributed by atoms with Crippen molar-refractivity contribution in [1.29, 1.82) is 5.26 Å². The van der Waals surface area contributed by atoms with Crippen molar-refractivity contribution in [2.45, 2.75) is 5.75 Å². The minimum absolute atomic E-state index is 0.140. The first-order chi connectivity index (χ1) is 10.1. The summed E-state index contributed by atoms with van der Waals surface area (Å²) >= 11 is 0. The van der Waals surface area contributed by atoms with Gasteiger partial charge in [-0.25, -0.2) is 0 Å². The highest BCUT2D eigenvalue weighted by Crippen LogP contribution is 2.24. The van der Waals surface area contributed by atoms with Crippen LogP contribution in [0, 0.1) is 11.3 Å². The Morgan fingerprint density at radius 2 is 1.95 bits per heavy atom. The van der Waals surface area contributed by atoms with E-state index in [1.807, 2.05) is 42.5 Å². The van der Waals surface area contributed by atoms with Crippen LogP contribution in [0.2, 0.25) is 0 Å². The number of carbonyl (C=O) groups is 1. The fourth-order valence-electron chi connectivity index (χ4n) is 2.06. The first kappa shape index (κ1) is 14.9. The van der Waals surface area contributed by atoms with E-state index in [4.69, 9.17) is 11.0 Å². The molecule has 1 amide bonds. The van der Waals surface area contributed by atoms with E-state index in [-0.39, 0.29) is 11.5 Å². The van der Waals surface area contributed by atoms with Gasteiger partial charge in [0.15, 0.2) is 0 Å². The van der Waals surface area contributed by atoms with Crippen LogP contribution in [0.25, 0.3) is 11.1 Å². The molecular weight excluding hydrogens is 284 g/mol. The molecule has 0 radical (unpaired) electrons. The smallest absolute Gasteiger partial charge is 0.230 e. The van der Waals surface area contributed by atoms with Crippen LogP contribution in [0.15, 0.2) is 48.5 Å². The highest BCUT2D eigenvalue weighted by molar-refractivity contribution is 7.84. The van der Waals surface area contributed by atoms with E-state index >= 15 is 0 Å². The monoisotopic (exact) mass is 298 g/mol. The molecule has 0 aliphatic carbocycles. The van der Waals surface area contributed by atoms with Crippen molar-refractivity contribution >= 4 is 16.7 Å². The van der Waals surface area contributed by atoms with Gasteiger partial charge < -0.3 is 5.73 Å². The van der Waals surface area contributed by atoms with Gasteiger partial charge in [0.25, 0.3) is 0 Å². The normalized spacial score (nSPS) is 11.6. The van der Waals surface area contributed by atoms with Crippen molar-refractivity contribution in [3.8, 4) is 17.2 Å². The number of hydrogen-bond acceptors (Lipinski definition) is 3. The Morgan fingerprint density at radius 1 is 1.19 bits per heavy atom. The highest BCUT2D eigenvalue weighted by Gasteiger charge is 2.08. The zero-order valence-corrected chi connectivity index (χ0v) is 12.1. The van der Waals surface area contributed by atoms with Gasteiger partial charge in [-0.2, -0.15) is 5.26 Å². The molecule has 5 heteroatoms. The van der Waals surface area contributed by atoms with Gasteiger partial charge in [0, 0.05) is 16.6 Å². The number of hydrogen-bond donors (Lipinski definition) is 1. The van der Waals surface area contributed by atoms with E-state index in [0.29, 0.717) is 5.56 Å². The molecule has 0 spiro atoms. The van der Waals surface area contributed by atoms with Crippen LogP contribution in [-0.2, 0) is 21.3 Å². The maximum Gasteiger partial charge on any atom is 0.230 e. The third kappa shape index (κ3) is 4.01. The zero-order valence-electron chi connectivity index (χ0n) is 11.3. The van der Waals surface area contributed by atoms with Crippen molar-refractivity contribution < 1.29 is 9.00 Å². The average Bonchev–Trinajstić information content (AvgIpc) is 2.46. The van der Waals surface area contributed by atoms with Gasteiger partial charge in [0.2, 0.25) is 5.91 Å². The van der Waals surface area contributed by atoms with Gasteiger partial charge in [0.05, 0.1) is 11.6 Å². The number of amides is 1. The molecule has 0 aliphatic rings. The third-order valence-electron chi connectivity index (χ3n) is 2.92. The lowest BCUT2D eigenvalue weighted by atomic mass is 9.99. The summed E-state index contributed by atoms with van der Waals surface area (Å²) in [4.78, 5) is 10.8. The fraction of sp³-hybridized carbons (Fsp3) is 0.125. The van der Waals surface area contributed by atoms with Crippen LogP contribution in [-0.4, -0.2) is 15.9 Å². The van der Waals surface area contributed by atoms with Crippen LogP contribution in [0.3, 0.4) is 0 Å². The Morgan fingerprint density at radius 3 is 2.67 bits per heavy atom. The van der Waals surface area contributed by atoms with Crippen molar-refractivity contribution in [2.24, 2.45) is 5.73 Å². The van der Waals surface area contributed by atoms with Crippen LogP contribution in [0.4, 0.5) is 0 Å². The summed E-state index contributed by atoms with van der Waals surface area (Å²) in [6.45, 7) is 0. The summed E-state index contributed by atoms with van der Waals surface area (Å²) in [5.41, 5.74) is 8.20. The van der Waals surface area contributed by atoms with Gasteiger partial charge >= 0.3 is 0 Å². The standard InChI is InChI=1S/C16H14N2O2S/c17-9-14-5-1-2-7-15(14)13-6-3-4-12(8-13)10-21(20)11-16(18)19/h1-8H,10-11H2,(H2,18,19)/t21-/m0/s1. The average molecular weight is 298 g/mol. The summed E-state index contributed by atoms with van der Waals surface area (Å²) in [7, 11) is -1.31. The van der Waals surface area contributed by atoms with Crippen LogP contribution < -0.4 is 5.73 Å². The van der Waals surface area contributed by atoms with Crippen LogP contribution in [0.5, 0.6) is 0 Å². The number of nitrogens with two attached hydrogens (primary N) is 1. The number of primary amides is 1. The molecule has 0 saturated carbocycles. The van der Waals surface area contributed by atoms with Gasteiger partial charge in [-0.3, -0.25) is 9.00 Å². The van der Waals surface area contributed by atoms with E-state index in [0.717, 1.165) is 16.7 Å². The quantitative estimate of drug-likeness (QED) is 0.915.